The monoisotopic (exact) mass is 210 g/mol. The summed E-state index contributed by atoms with van der Waals surface area (Å²) in [6.45, 7) is 2.70. The van der Waals surface area contributed by atoms with Crippen LogP contribution in [0.5, 0.6) is 0 Å². The quantitative estimate of drug-likeness (QED) is 0.751. The summed E-state index contributed by atoms with van der Waals surface area (Å²) in [4.78, 5) is 25.1. The average Bonchev–Trinajstić information content (AvgIpc) is 2.28. The molecule has 1 atom stereocenters. The number of urea groups is 1. The van der Waals surface area contributed by atoms with Crippen molar-refractivity contribution in [3.63, 3.8) is 0 Å². The number of nitrogens with zero attached hydrogens (tertiary/aromatic N) is 1. The summed E-state index contributed by atoms with van der Waals surface area (Å²) in [5.74, 6) is 0.327. The van der Waals surface area contributed by atoms with Crippen molar-refractivity contribution >= 4 is 11.9 Å². The van der Waals surface area contributed by atoms with Gasteiger partial charge in [0.1, 0.15) is 0 Å². The van der Waals surface area contributed by atoms with Crippen molar-refractivity contribution in [3.8, 4) is 0 Å². The van der Waals surface area contributed by atoms with E-state index in [1.807, 2.05) is 0 Å². The van der Waals surface area contributed by atoms with Crippen LogP contribution in [0, 0.1) is 5.92 Å². The minimum absolute atomic E-state index is 0.0153. The van der Waals surface area contributed by atoms with E-state index >= 15 is 0 Å². The van der Waals surface area contributed by atoms with Crippen molar-refractivity contribution in [1.82, 2.24) is 10.2 Å². The van der Waals surface area contributed by atoms with E-state index < -0.39 is 0 Å². The Balaban J connectivity index is 2.07. The molecule has 0 spiro atoms. The van der Waals surface area contributed by atoms with Crippen LogP contribution in [0.2, 0.25) is 0 Å². The van der Waals surface area contributed by atoms with Gasteiger partial charge >= 0.3 is 6.03 Å². The van der Waals surface area contributed by atoms with Gasteiger partial charge in [0.05, 0.1) is 0 Å². The molecule has 4 nitrogen and oxygen atoms in total. The zero-order valence-electron chi connectivity index (χ0n) is 9.16. The molecule has 3 amide bonds. The molecule has 0 aromatic rings. The van der Waals surface area contributed by atoms with Crippen LogP contribution in [0.15, 0.2) is 0 Å². The molecule has 1 saturated heterocycles. The van der Waals surface area contributed by atoms with E-state index in [0.717, 1.165) is 25.7 Å². The van der Waals surface area contributed by atoms with Crippen molar-refractivity contribution in [2.24, 2.45) is 5.92 Å². The summed E-state index contributed by atoms with van der Waals surface area (Å²) in [5, 5.41) is 2.84. The molecular formula is C11H18N2O2. The summed E-state index contributed by atoms with van der Waals surface area (Å²) in [6, 6.07) is -0.00578. The van der Waals surface area contributed by atoms with E-state index in [-0.39, 0.29) is 18.0 Å². The maximum absolute atomic E-state index is 11.9. The molecule has 0 radical (unpaired) electrons. The number of imide groups is 1. The maximum atomic E-state index is 11.9. The number of rotatable bonds is 2. The molecule has 2 rings (SSSR count). The summed E-state index contributed by atoms with van der Waals surface area (Å²) >= 11 is 0. The lowest BCUT2D eigenvalue weighted by Gasteiger charge is -2.34. The molecule has 1 aliphatic heterocycles. The van der Waals surface area contributed by atoms with E-state index in [1.54, 1.807) is 0 Å². The molecule has 1 N–H and O–H groups in total. The van der Waals surface area contributed by atoms with Crippen LogP contribution in [0.25, 0.3) is 0 Å². The lowest BCUT2D eigenvalue weighted by Crippen LogP contribution is -2.50. The van der Waals surface area contributed by atoms with E-state index in [4.69, 9.17) is 0 Å². The lowest BCUT2D eigenvalue weighted by molar-refractivity contribution is -0.131. The second-order valence-electron chi connectivity index (χ2n) is 4.51. The molecule has 1 saturated carbocycles. The summed E-state index contributed by atoms with van der Waals surface area (Å²) in [7, 11) is 0. The van der Waals surface area contributed by atoms with Gasteiger partial charge in [-0.3, -0.25) is 9.69 Å². The molecule has 2 fully saturated rings. The van der Waals surface area contributed by atoms with E-state index in [0.29, 0.717) is 18.9 Å². The molecule has 4 heteroatoms. The van der Waals surface area contributed by atoms with Gasteiger partial charge in [0.25, 0.3) is 0 Å². The van der Waals surface area contributed by atoms with E-state index in [9.17, 15) is 9.59 Å². The third kappa shape index (κ3) is 1.98. The lowest BCUT2D eigenvalue weighted by atomic mass is 9.91. The first-order chi connectivity index (χ1) is 7.22. The molecule has 0 aromatic carbocycles. The van der Waals surface area contributed by atoms with Gasteiger partial charge in [-0.2, -0.15) is 0 Å². The molecule has 84 valence electrons. The highest BCUT2D eigenvalue weighted by atomic mass is 16.2. The Morgan fingerprint density at radius 3 is 2.67 bits per heavy atom. The first-order valence-corrected chi connectivity index (χ1v) is 5.82. The Hall–Kier alpha value is -1.06. The fourth-order valence-electron chi connectivity index (χ4n) is 2.15. The summed E-state index contributed by atoms with van der Waals surface area (Å²) < 4.78 is 0. The zero-order chi connectivity index (χ0) is 10.8. The Labute approximate surface area is 90.0 Å². The molecule has 2 aliphatic rings. The Morgan fingerprint density at radius 2 is 2.13 bits per heavy atom. The third-order valence-corrected chi connectivity index (χ3v) is 3.51. The highest BCUT2D eigenvalue weighted by Gasteiger charge is 2.36. The number of carbonyl (C=O) groups excluding carboxylic acids is 2. The van der Waals surface area contributed by atoms with Gasteiger partial charge in [0, 0.05) is 19.0 Å². The van der Waals surface area contributed by atoms with Crippen LogP contribution in [-0.4, -0.2) is 29.4 Å². The van der Waals surface area contributed by atoms with Crippen molar-refractivity contribution in [2.45, 2.75) is 45.1 Å². The third-order valence-electron chi connectivity index (χ3n) is 3.51. The van der Waals surface area contributed by atoms with Gasteiger partial charge in [-0.15, -0.1) is 0 Å². The highest BCUT2D eigenvalue weighted by molar-refractivity contribution is 5.95. The predicted molar refractivity (Wildman–Crippen MR) is 56.3 cm³/mol. The van der Waals surface area contributed by atoms with Crippen molar-refractivity contribution in [3.05, 3.63) is 0 Å². The first-order valence-electron chi connectivity index (χ1n) is 5.82. The zero-order valence-corrected chi connectivity index (χ0v) is 9.16. The minimum atomic E-state index is -0.180. The van der Waals surface area contributed by atoms with Crippen molar-refractivity contribution < 1.29 is 9.59 Å². The van der Waals surface area contributed by atoms with E-state index in [2.05, 4.69) is 12.2 Å². The number of carbonyl (C=O) groups is 2. The molecule has 1 heterocycles. The molecular weight excluding hydrogens is 192 g/mol. The Morgan fingerprint density at radius 1 is 1.40 bits per heavy atom. The number of amides is 3. The van der Waals surface area contributed by atoms with Crippen molar-refractivity contribution in [1.29, 1.82) is 0 Å². The van der Waals surface area contributed by atoms with Crippen LogP contribution >= 0.6 is 0 Å². The van der Waals surface area contributed by atoms with Crippen LogP contribution < -0.4 is 5.32 Å². The Bertz CT molecular complexity index is 274. The fourth-order valence-corrected chi connectivity index (χ4v) is 2.15. The fraction of sp³-hybridized carbons (Fsp3) is 0.818. The predicted octanol–water partition coefficient (Wildman–Crippen LogP) is 1.51. The van der Waals surface area contributed by atoms with Crippen LogP contribution in [-0.2, 0) is 4.79 Å². The van der Waals surface area contributed by atoms with Gasteiger partial charge in [-0.1, -0.05) is 13.3 Å². The molecule has 1 aliphatic carbocycles. The largest absolute Gasteiger partial charge is 0.337 e. The highest BCUT2D eigenvalue weighted by Crippen LogP contribution is 2.27. The molecule has 0 bridgehead atoms. The average molecular weight is 210 g/mol. The standard InChI is InChI=1S/C11H18N2O2/c1-2-8-6-10(14)13(9-4-3-5-9)11(15)12-7-8/h8-9H,2-7H2,1H3,(H,12,15). The number of nitrogens with one attached hydrogen (secondary N) is 1. The minimum Gasteiger partial charge on any atom is -0.337 e. The molecule has 15 heavy (non-hydrogen) atoms. The smallest absolute Gasteiger partial charge is 0.324 e. The summed E-state index contributed by atoms with van der Waals surface area (Å²) in [6.07, 6.45) is 4.57. The first kappa shape index (κ1) is 10.5. The van der Waals surface area contributed by atoms with Gasteiger partial charge in [0.15, 0.2) is 0 Å². The van der Waals surface area contributed by atoms with E-state index in [1.165, 1.54) is 4.90 Å². The van der Waals surface area contributed by atoms with Crippen LogP contribution in [0.1, 0.15) is 39.0 Å². The normalized spacial score (nSPS) is 28.3. The second-order valence-corrected chi connectivity index (χ2v) is 4.51. The molecule has 0 aromatic heterocycles. The SMILES string of the molecule is CCC1CNC(=O)N(C2CCC2)C(=O)C1. The van der Waals surface area contributed by atoms with Crippen LogP contribution in [0.3, 0.4) is 0 Å². The van der Waals surface area contributed by atoms with Crippen LogP contribution in [0.4, 0.5) is 4.79 Å². The molecule has 1 unspecified atom stereocenters. The number of hydrogen-bond donors (Lipinski definition) is 1. The maximum Gasteiger partial charge on any atom is 0.324 e. The number of hydrogen-bond acceptors (Lipinski definition) is 2. The second kappa shape index (κ2) is 4.21. The Kier molecular flexibility index (Phi) is 2.93. The topological polar surface area (TPSA) is 49.4 Å². The van der Waals surface area contributed by atoms with Gasteiger partial charge in [0.2, 0.25) is 5.91 Å². The van der Waals surface area contributed by atoms with Gasteiger partial charge < -0.3 is 5.32 Å². The van der Waals surface area contributed by atoms with Gasteiger partial charge in [-0.25, -0.2) is 4.79 Å². The van der Waals surface area contributed by atoms with Gasteiger partial charge in [-0.05, 0) is 25.2 Å². The van der Waals surface area contributed by atoms with Crippen molar-refractivity contribution in [2.75, 3.05) is 6.54 Å². The summed E-state index contributed by atoms with van der Waals surface area (Å²) in [5.41, 5.74) is 0.